The molecule has 4 aliphatic carbocycles. The van der Waals surface area contributed by atoms with Crippen LogP contribution < -0.4 is 0 Å². The Kier molecular flexibility index (Phi) is 3.94. The van der Waals surface area contributed by atoms with Crippen LogP contribution in [0.1, 0.15) is 16.8 Å². The molecule has 0 heterocycles. The maximum absolute atomic E-state index is 12.7. The molecule has 5 rings (SSSR count). The fraction of sp³-hybridized carbons (Fsp3) is 0.450. The van der Waals surface area contributed by atoms with Crippen LogP contribution in [0, 0.1) is 35.5 Å². The van der Waals surface area contributed by atoms with Crippen molar-refractivity contribution in [2.45, 2.75) is 6.42 Å². The van der Waals surface area contributed by atoms with Crippen molar-refractivity contribution in [1.82, 2.24) is 0 Å². The smallest absolute Gasteiger partial charge is 0.310 e. The molecule has 2 fully saturated rings. The van der Waals surface area contributed by atoms with Crippen molar-refractivity contribution < 1.29 is 23.9 Å². The number of allylic oxidation sites excluding steroid dienone is 2. The van der Waals surface area contributed by atoms with Crippen molar-refractivity contribution in [3.05, 3.63) is 48.0 Å². The zero-order chi connectivity index (χ0) is 17.6. The Hall–Kier alpha value is -2.43. The van der Waals surface area contributed by atoms with E-state index in [1.54, 1.807) is 24.3 Å². The van der Waals surface area contributed by atoms with E-state index in [4.69, 9.17) is 9.47 Å². The highest BCUT2D eigenvalue weighted by molar-refractivity contribution is 5.98. The molecule has 0 spiro atoms. The highest BCUT2D eigenvalue weighted by Crippen LogP contribution is 2.63. The summed E-state index contributed by atoms with van der Waals surface area (Å²) in [5.41, 5.74) is 0.507. The summed E-state index contributed by atoms with van der Waals surface area (Å²) in [5.74, 6) is -1.12. The molecule has 1 aromatic rings. The van der Waals surface area contributed by atoms with Crippen molar-refractivity contribution >= 4 is 17.7 Å². The van der Waals surface area contributed by atoms with Gasteiger partial charge in [-0.25, -0.2) is 0 Å². The van der Waals surface area contributed by atoms with Crippen molar-refractivity contribution in [3.8, 4) is 0 Å². The molecule has 0 saturated heterocycles. The van der Waals surface area contributed by atoms with Crippen LogP contribution >= 0.6 is 0 Å². The first kappa shape index (κ1) is 16.1. The van der Waals surface area contributed by atoms with Gasteiger partial charge < -0.3 is 9.47 Å². The van der Waals surface area contributed by atoms with E-state index >= 15 is 0 Å². The molecule has 0 amide bonds. The molecule has 130 valence electrons. The van der Waals surface area contributed by atoms with E-state index in [-0.39, 0.29) is 30.2 Å². The third kappa shape index (κ3) is 2.68. The first-order chi connectivity index (χ1) is 12.1. The lowest BCUT2D eigenvalue weighted by atomic mass is 9.62. The molecular formula is C20H20O5. The second-order valence-corrected chi connectivity index (χ2v) is 7.07. The number of Topliss-reactive ketones (excluding diaryl/α,β-unsaturated/α-hetero) is 1. The molecule has 0 N–H and O–H groups in total. The summed E-state index contributed by atoms with van der Waals surface area (Å²) in [6.45, 7) is -0.303. The fourth-order valence-corrected chi connectivity index (χ4v) is 4.60. The minimum atomic E-state index is -0.547. The standard InChI is InChI=1S/C20H20O5/c1-24-19(22)17-12-7-8-13(15-9-14(12)15)18(17)20(23)25-10-16(21)11-5-3-2-4-6-11/h2-8,12-15,17-18H,9-10H2,1H3/t12-,13-,14-,15-,17+,18-/m0/s1. The van der Waals surface area contributed by atoms with Gasteiger partial charge in [-0.3, -0.25) is 14.4 Å². The van der Waals surface area contributed by atoms with E-state index in [2.05, 4.69) is 6.08 Å². The van der Waals surface area contributed by atoms with Gasteiger partial charge in [-0.2, -0.15) is 0 Å². The molecule has 2 saturated carbocycles. The van der Waals surface area contributed by atoms with Crippen LogP contribution in [0.3, 0.4) is 0 Å². The third-order valence-corrected chi connectivity index (χ3v) is 5.84. The van der Waals surface area contributed by atoms with Gasteiger partial charge >= 0.3 is 11.9 Å². The number of hydrogen-bond donors (Lipinski definition) is 0. The van der Waals surface area contributed by atoms with E-state index in [0.717, 1.165) is 6.42 Å². The molecule has 6 atom stereocenters. The summed E-state index contributed by atoms with van der Waals surface area (Å²) < 4.78 is 10.2. The third-order valence-electron chi connectivity index (χ3n) is 5.84. The zero-order valence-electron chi connectivity index (χ0n) is 14.0. The van der Waals surface area contributed by atoms with Crippen LogP contribution in [0.2, 0.25) is 0 Å². The van der Waals surface area contributed by atoms with Gasteiger partial charge in [-0.05, 0) is 30.1 Å². The summed E-state index contributed by atoms with van der Waals surface area (Å²) in [6.07, 6.45) is 5.14. The Morgan fingerprint density at radius 3 is 2.16 bits per heavy atom. The predicted octanol–water partition coefficient (Wildman–Crippen LogP) is 2.27. The maximum Gasteiger partial charge on any atom is 0.310 e. The largest absolute Gasteiger partial charge is 0.469 e. The van der Waals surface area contributed by atoms with Gasteiger partial charge in [0.1, 0.15) is 0 Å². The Bertz CT molecular complexity index is 738. The Morgan fingerprint density at radius 2 is 1.56 bits per heavy atom. The molecule has 25 heavy (non-hydrogen) atoms. The van der Waals surface area contributed by atoms with Crippen LogP contribution in [0.4, 0.5) is 0 Å². The Balaban J connectivity index is 1.48. The lowest BCUT2D eigenvalue weighted by molar-refractivity contribution is -0.165. The number of benzene rings is 1. The summed E-state index contributed by atoms with van der Waals surface area (Å²) in [7, 11) is 1.35. The van der Waals surface area contributed by atoms with E-state index in [9.17, 15) is 14.4 Å². The number of carbonyl (C=O) groups excluding carboxylic acids is 3. The number of carbonyl (C=O) groups is 3. The van der Waals surface area contributed by atoms with Gasteiger partial charge in [0.15, 0.2) is 12.4 Å². The number of ether oxygens (including phenoxy) is 2. The Labute approximate surface area is 146 Å². The first-order valence-corrected chi connectivity index (χ1v) is 8.63. The van der Waals surface area contributed by atoms with Crippen LogP contribution in [0.25, 0.3) is 0 Å². The fourth-order valence-electron chi connectivity index (χ4n) is 4.60. The van der Waals surface area contributed by atoms with Gasteiger partial charge in [-0.1, -0.05) is 42.5 Å². The van der Waals surface area contributed by atoms with Crippen LogP contribution in [0.5, 0.6) is 0 Å². The number of rotatable bonds is 5. The van der Waals surface area contributed by atoms with E-state index in [0.29, 0.717) is 17.4 Å². The summed E-state index contributed by atoms with van der Waals surface area (Å²) >= 11 is 0. The average molecular weight is 340 g/mol. The summed E-state index contributed by atoms with van der Waals surface area (Å²) in [4.78, 5) is 37.1. The normalized spacial score (nSPS) is 34.1. The van der Waals surface area contributed by atoms with Crippen LogP contribution in [-0.4, -0.2) is 31.4 Å². The number of methoxy groups -OCH3 is 1. The molecule has 4 aliphatic rings. The molecule has 0 radical (unpaired) electrons. The molecule has 2 bridgehead atoms. The van der Waals surface area contributed by atoms with Crippen molar-refractivity contribution in [2.75, 3.05) is 13.7 Å². The Morgan fingerprint density at radius 1 is 0.960 bits per heavy atom. The van der Waals surface area contributed by atoms with Gasteiger partial charge in [0.2, 0.25) is 0 Å². The van der Waals surface area contributed by atoms with Gasteiger partial charge in [0, 0.05) is 5.56 Å². The van der Waals surface area contributed by atoms with E-state index in [1.807, 2.05) is 12.1 Å². The van der Waals surface area contributed by atoms with Crippen molar-refractivity contribution in [1.29, 1.82) is 0 Å². The van der Waals surface area contributed by atoms with E-state index in [1.165, 1.54) is 7.11 Å². The second-order valence-electron chi connectivity index (χ2n) is 7.07. The lowest BCUT2D eigenvalue weighted by Gasteiger charge is -2.41. The quantitative estimate of drug-likeness (QED) is 0.467. The molecule has 5 heteroatoms. The topological polar surface area (TPSA) is 69.7 Å². The zero-order valence-corrected chi connectivity index (χ0v) is 14.0. The molecule has 0 aromatic heterocycles. The second kappa shape index (κ2) is 6.14. The van der Waals surface area contributed by atoms with Crippen molar-refractivity contribution in [2.24, 2.45) is 35.5 Å². The van der Waals surface area contributed by atoms with Crippen LogP contribution in [-0.2, 0) is 19.1 Å². The lowest BCUT2D eigenvalue weighted by Crippen LogP contribution is -2.47. The number of fused-ring (bicyclic) bond motifs is 1. The SMILES string of the molecule is COC(=O)[C@@H]1[C@H]2C=C[C@@H]([C@@H]3C[C@@H]23)[C@@H]1C(=O)OCC(=O)c1ccccc1. The highest BCUT2D eigenvalue weighted by atomic mass is 16.5. The van der Waals surface area contributed by atoms with Gasteiger partial charge in [0.05, 0.1) is 18.9 Å². The average Bonchev–Trinajstić information content (AvgIpc) is 3.47. The molecule has 5 nitrogen and oxygen atoms in total. The van der Waals surface area contributed by atoms with Crippen molar-refractivity contribution in [3.63, 3.8) is 0 Å². The summed E-state index contributed by atoms with van der Waals surface area (Å²) in [5, 5.41) is 0. The molecule has 0 unspecified atom stereocenters. The molecule has 1 aromatic carbocycles. The number of ketones is 1. The van der Waals surface area contributed by atoms with Crippen LogP contribution in [0.15, 0.2) is 42.5 Å². The van der Waals surface area contributed by atoms with Gasteiger partial charge in [0.25, 0.3) is 0 Å². The predicted molar refractivity (Wildman–Crippen MR) is 88.4 cm³/mol. The van der Waals surface area contributed by atoms with Gasteiger partial charge in [-0.15, -0.1) is 0 Å². The first-order valence-electron chi connectivity index (χ1n) is 8.63. The molecule has 0 aliphatic heterocycles. The highest BCUT2D eigenvalue weighted by Gasteiger charge is 2.63. The monoisotopic (exact) mass is 340 g/mol. The summed E-state index contributed by atoms with van der Waals surface area (Å²) in [6, 6.07) is 8.73. The molecular weight excluding hydrogens is 320 g/mol. The number of esters is 2. The minimum absolute atomic E-state index is 0.0124. The minimum Gasteiger partial charge on any atom is -0.469 e. The van der Waals surface area contributed by atoms with E-state index < -0.39 is 17.8 Å². The maximum atomic E-state index is 12.7. The number of hydrogen-bond acceptors (Lipinski definition) is 5.